The lowest BCUT2D eigenvalue weighted by Gasteiger charge is -2.35. The number of hydrogen-bond acceptors (Lipinski definition) is 3. The molecular formula is C17H35N3O. The van der Waals surface area contributed by atoms with Crippen molar-refractivity contribution in [3.63, 3.8) is 0 Å². The molecule has 0 bridgehead atoms. The van der Waals surface area contributed by atoms with Crippen LogP contribution in [-0.4, -0.2) is 48.6 Å². The fourth-order valence-electron chi connectivity index (χ4n) is 2.86. The standard InChI is InChI=1S/C17H35N3O/c1-6-10-18-14(3)15-8-11-20(12-9-15)13-16(21)19-17(4,5)7-2/h14-15,18H,6-13H2,1-5H3,(H,19,21). The average Bonchev–Trinajstić information content (AvgIpc) is 2.45. The molecule has 4 nitrogen and oxygen atoms in total. The molecule has 0 radical (unpaired) electrons. The van der Waals surface area contributed by atoms with Crippen molar-refractivity contribution in [3.8, 4) is 0 Å². The van der Waals surface area contributed by atoms with Gasteiger partial charge in [-0.2, -0.15) is 0 Å². The second kappa shape index (κ2) is 8.74. The lowest BCUT2D eigenvalue weighted by Crippen LogP contribution is -2.49. The van der Waals surface area contributed by atoms with Crippen molar-refractivity contribution in [3.05, 3.63) is 0 Å². The number of nitrogens with zero attached hydrogens (tertiary/aromatic N) is 1. The smallest absolute Gasteiger partial charge is 0.234 e. The first kappa shape index (κ1) is 18.4. The fraction of sp³-hybridized carbons (Fsp3) is 0.941. The minimum Gasteiger partial charge on any atom is -0.350 e. The summed E-state index contributed by atoms with van der Waals surface area (Å²) in [5.41, 5.74) is -0.0893. The Morgan fingerprint density at radius 3 is 2.43 bits per heavy atom. The van der Waals surface area contributed by atoms with Crippen LogP contribution in [-0.2, 0) is 4.79 Å². The summed E-state index contributed by atoms with van der Waals surface area (Å²) in [5.74, 6) is 0.917. The predicted molar refractivity (Wildman–Crippen MR) is 89.4 cm³/mol. The zero-order valence-corrected chi connectivity index (χ0v) is 14.7. The van der Waals surface area contributed by atoms with Crippen molar-refractivity contribution in [2.24, 2.45) is 5.92 Å². The predicted octanol–water partition coefficient (Wildman–Crippen LogP) is 2.39. The first-order chi connectivity index (χ1) is 9.88. The van der Waals surface area contributed by atoms with Crippen LogP contribution in [0.4, 0.5) is 0 Å². The minimum atomic E-state index is -0.0893. The molecule has 0 aromatic rings. The van der Waals surface area contributed by atoms with Crippen LogP contribution in [0.3, 0.4) is 0 Å². The van der Waals surface area contributed by atoms with Crippen LogP contribution in [0.25, 0.3) is 0 Å². The van der Waals surface area contributed by atoms with Crippen LogP contribution in [0.5, 0.6) is 0 Å². The molecule has 1 atom stereocenters. The van der Waals surface area contributed by atoms with Crippen LogP contribution in [0.1, 0.15) is 60.3 Å². The van der Waals surface area contributed by atoms with Gasteiger partial charge in [0.2, 0.25) is 5.91 Å². The van der Waals surface area contributed by atoms with E-state index in [1.165, 1.54) is 19.3 Å². The third-order valence-electron chi connectivity index (χ3n) is 4.78. The van der Waals surface area contributed by atoms with Crippen LogP contribution in [0.15, 0.2) is 0 Å². The SMILES string of the molecule is CCCNC(C)C1CCN(CC(=O)NC(C)(C)CC)CC1. The summed E-state index contributed by atoms with van der Waals surface area (Å²) < 4.78 is 0. The lowest BCUT2D eigenvalue weighted by atomic mass is 9.90. The summed E-state index contributed by atoms with van der Waals surface area (Å²) in [4.78, 5) is 14.4. The Balaban J connectivity index is 2.28. The van der Waals surface area contributed by atoms with E-state index in [1.807, 2.05) is 0 Å². The number of hydrogen-bond donors (Lipinski definition) is 2. The Morgan fingerprint density at radius 2 is 1.90 bits per heavy atom. The lowest BCUT2D eigenvalue weighted by molar-refractivity contribution is -0.124. The molecule has 2 N–H and O–H groups in total. The summed E-state index contributed by atoms with van der Waals surface area (Å²) in [5, 5.41) is 6.72. The van der Waals surface area contributed by atoms with E-state index in [1.54, 1.807) is 0 Å². The van der Waals surface area contributed by atoms with E-state index in [4.69, 9.17) is 0 Å². The van der Waals surface area contributed by atoms with Gasteiger partial charge in [-0.25, -0.2) is 0 Å². The van der Waals surface area contributed by atoms with E-state index in [9.17, 15) is 4.79 Å². The molecule has 1 aliphatic heterocycles. The monoisotopic (exact) mass is 297 g/mol. The molecular weight excluding hydrogens is 262 g/mol. The van der Waals surface area contributed by atoms with E-state index >= 15 is 0 Å². The maximum atomic E-state index is 12.1. The molecule has 124 valence electrons. The van der Waals surface area contributed by atoms with E-state index in [2.05, 4.69) is 50.2 Å². The van der Waals surface area contributed by atoms with Crippen LogP contribution >= 0.6 is 0 Å². The van der Waals surface area contributed by atoms with Gasteiger partial charge < -0.3 is 10.6 Å². The van der Waals surface area contributed by atoms with Crippen molar-refractivity contribution in [1.82, 2.24) is 15.5 Å². The summed E-state index contributed by atoms with van der Waals surface area (Å²) in [6.45, 7) is 14.5. The molecule has 0 saturated carbocycles. The molecule has 4 heteroatoms. The number of amides is 1. The number of carbonyl (C=O) groups excluding carboxylic acids is 1. The minimum absolute atomic E-state index is 0.0893. The zero-order valence-electron chi connectivity index (χ0n) is 14.7. The summed E-state index contributed by atoms with van der Waals surface area (Å²) in [7, 11) is 0. The van der Waals surface area contributed by atoms with Crippen LogP contribution in [0.2, 0.25) is 0 Å². The van der Waals surface area contributed by atoms with Gasteiger partial charge in [-0.3, -0.25) is 9.69 Å². The highest BCUT2D eigenvalue weighted by Gasteiger charge is 2.25. The Bertz CT molecular complexity index is 309. The van der Waals surface area contributed by atoms with Crippen LogP contribution < -0.4 is 10.6 Å². The first-order valence-electron chi connectivity index (χ1n) is 8.64. The summed E-state index contributed by atoms with van der Waals surface area (Å²) in [6, 6.07) is 0.597. The molecule has 1 rings (SSSR count). The largest absolute Gasteiger partial charge is 0.350 e. The first-order valence-corrected chi connectivity index (χ1v) is 8.64. The zero-order chi connectivity index (χ0) is 15.9. The number of rotatable bonds is 8. The third kappa shape index (κ3) is 6.79. The molecule has 1 saturated heterocycles. The van der Waals surface area contributed by atoms with Gasteiger partial charge in [0.05, 0.1) is 6.54 Å². The molecule has 1 heterocycles. The molecule has 1 fully saturated rings. The quantitative estimate of drug-likeness (QED) is 0.723. The topological polar surface area (TPSA) is 44.4 Å². The molecule has 0 aromatic heterocycles. The van der Waals surface area contributed by atoms with Gasteiger partial charge in [-0.1, -0.05) is 13.8 Å². The van der Waals surface area contributed by atoms with E-state index in [-0.39, 0.29) is 11.4 Å². The van der Waals surface area contributed by atoms with Gasteiger partial charge >= 0.3 is 0 Å². The van der Waals surface area contributed by atoms with Crippen molar-refractivity contribution in [2.45, 2.75) is 71.9 Å². The number of carbonyl (C=O) groups is 1. The van der Waals surface area contributed by atoms with Crippen molar-refractivity contribution in [2.75, 3.05) is 26.2 Å². The van der Waals surface area contributed by atoms with E-state index < -0.39 is 0 Å². The van der Waals surface area contributed by atoms with Crippen molar-refractivity contribution >= 4 is 5.91 Å². The Labute approximate surface area is 131 Å². The van der Waals surface area contributed by atoms with E-state index in [0.717, 1.165) is 32.0 Å². The molecule has 0 spiro atoms. The number of nitrogens with one attached hydrogen (secondary N) is 2. The summed E-state index contributed by atoms with van der Waals surface area (Å²) >= 11 is 0. The maximum absolute atomic E-state index is 12.1. The van der Waals surface area contributed by atoms with Gasteiger partial charge in [0.25, 0.3) is 0 Å². The fourth-order valence-corrected chi connectivity index (χ4v) is 2.86. The molecule has 0 aromatic carbocycles. The number of likely N-dealkylation sites (tertiary alicyclic amines) is 1. The second-order valence-electron chi connectivity index (χ2n) is 7.14. The highest BCUT2D eigenvalue weighted by molar-refractivity contribution is 5.78. The maximum Gasteiger partial charge on any atom is 0.234 e. The van der Waals surface area contributed by atoms with Gasteiger partial charge in [-0.05, 0) is 72.0 Å². The molecule has 0 aliphatic carbocycles. The Hall–Kier alpha value is -0.610. The van der Waals surface area contributed by atoms with Crippen molar-refractivity contribution < 1.29 is 4.79 Å². The normalized spacial score (nSPS) is 19.5. The molecule has 1 amide bonds. The van der Waals surface area contributed by atoms with E-state index in [0.29, 0.717) is 12.6 Å². The second-order valence-corrected chi connectivity index (χ2v) is 7.14. The average molecular weight is 297 g/mol. The highest BCUT2D eigenvalue weighted by Crippen LogP contribution is 2.20. The Kier molecular flexibility index (Phi) is 7.67. The Morgan fingerprint density at radius 1 is 1.29 bits per heavy atom. The van der Waals surface area contributed by atoms with Crippen LogP contribution in [0, 0.1) is 5.92 Å². The summed E-state index contributed by atoms with van der Waals surface area (Å²) in [6.07, 6.45) is 4.54. The van der Waals surface area contributed by atoms with Gasteiger partial charge in [0, 0.05) is 11.6 Å². The van der Waals surface area contributed by atoms with Crippen molar-refractivity contribution in [1.29, 1.82) is 0 Å². The van der Waals surface area contributed by atoms with Gasteiger partial charge in [-0.15, -0.1) is 0 Å². The molecule has 1 unspecified atom stereocenters. The molecule has 21 heavy (non-hydrogen) atoms. The van der Waals surface area contributed by atoms with Gasteiger partial charge in [0.15, 0.2) is 0 Å². The third-order valence-corrected chi connectivity index (χ3v) is 4.78. The molecule has 1 aliphatic rings. The highest BCUT2D eigenvalue weighted by atomic mass is 16.2. The van der Waals surface area contributed by atoms with Gasteiger partial charge in [0.1, 0.15) is 0 Å². The number of piperidine rings is 1.